The molecule has 1 amide bonds. The van der Waals surface area contributed by atoms with E-state index in [1.54, 1.807) is 6.92 Å². The third-order valence-electron chi connectivity index (χ3n) is 1.59. The molecule has 1 aromatic rings. The van der Waals surface area contributed by atoms with Gasteiger partial charge in [-0.3, -0.25) is 9.63 Å². The number of carbonyl (C=O) groups excluding carboxylic acids is 1. The molecular formula is C10H12N2O2S. The summed E-state index contributed by atoms with van der Waals surface area (Å²) in [4.78, 5) is 15.6. The second-order valence-electron chi connectivity index (χ2n) is 2.65. The smallest absolute Gasteiger partial charge is 0.240 e. The lowest BCUT2D eigenvalue weighted by Gasteiger charge is -2.17. The summed E-state index contributed by atoms with van der Waals surface area (Å²) in [5.41, 5.74) is 0.814. The minimum atomic E-state index is 0.220. The molecule has 1 rings (SSSR count). The second kappa shape index (κ2) is 6.10. The maximum Gasteiger partial charge on any atom is 0.240 e. The van der Waals surface area contributed by atoms with Crippen LogP contribution in [0.1, 0.15) is 6.92 Å². The Hall–Kier alpha value is -1.46. The molecule has 4 nitrogen and oxygen atoms in total. The molecule has 1 N–H and O–H groups in total. The van der Waals surface area contributed by atoms with Gasteiger partial charge in [0.05, 0.1) is 6.61 Å². The number of benzene rings is 1. The van der Waals surface area contributed by atoms with Crippen LogP contribution in [0.2, 0.25) is 0 Å². The highest BCUT2D eigenvalue weighted by Crippen LogP contribution is 2.06. The van der Waals surface area contributed by atoms with E-state index in [-0.39, 0.29) is 5.11 Å². The Labute approximate surface area is 93.8 Å². The van der Waals surface area contributed by atoms with E-state index in [0.29, 0.717) is 13.0 Å². The number of para-hydroxylation sites is 1. The number of nitrogens with zero attached hydrogens (tertiary/aromatic N) is 1. The van der Waals surface area contributed by atoms with Crippen molar-refractivity contribution in [3.05, 3.63) is 30.3 Å². The number of hydrogen-bond acceptors (Lipinski definition) is 3. The standard InChI is InChI=1S/C10H12N2O2S/c1-2-14-12(8-13)10(15)11-9-6-4-3-5-7-9/h3-8H,2H2,1H3,(H,11,15). The molecule has 0 fully saturated rings. The van der Waals surface area contributed by atoms with Crippen LogP contribution in [0.5, 0.6) is 0 Å². The van der Waals surface area contributed by atoms with Crippen molar-refractivity contribution in [1.29, 1.82) is 0 Å². The molecule has 0 radical (unpaired) electrons. The molecule has 0 saturated heterocycles. The predicted molar refractivity (Wildman–Crippen MR) is 62.2 cm³/mol. The van der Waals surface area contributed by atoms with E-state index in [9.17, 15) is 4.79 Å². The molecule has 80 valence electrons. The van der Waals surface area contributed by atoms with E-state index in [4.69, 9.17) is 17.1 Å². The molecule has 0 aromatic heterocycles. The molecule has 0 aliphatic heterocycles. The number of anilines is 1. The highest BCUT2D eigenvalue weighted by molar-refractivity contribution is 7.80. The average molecular weight is 224 g/mol. The monoisotopic (exact) mass is 224 g/mol. The van der Waals surface area contributed by atoms with Crippen molar-refractivity contribution in [3.8, 4) is 0 Å². The van der Waals surface area contributed by atoms with Gasteiger partial charge >= 0.3 is 0 Å². The normalized spacial score (nSPS) is 9.40. The summed E-state index contributed by atoms with van der Waals surface area (Å²) in [5.74, 6) is 0. The van der Waals surface area contributed by atoms with Crippen LogP contribution in [0.4, 0.5) is 5.69 Å². The number of amides is 1. The van der Waals surface area contributed by atoms with E-state index < -0.39 is 0 Å². The van der Waals surface area contributed by atoms with E-state index in [1.165, 1.54) is 0 Å². The summed E-state index contributed by atoms with van der Waals surface area (Å²) in [5, 5.41) is 4.09. The van der Waals surface area contributed by atoms with Gasteiger partial charge in [-0.1, -0.05) is 18.2 Å². The quantitative estimate of drug-likeness (QED) is 0.481. The molecule has 0 aliphatic carbocycles. The average Bonchev–Trinajstić information content (AvgIpc) is 2.27. The largest absolute Gasteiger partial charge is 0.330 e. The van der Waals surface area contributed by atoms with Crippen LogP contribution in [0.25, 0.3) is 0 Å². The van der Waals surface area contributed by atoms with Crippen LogP contribution in [-0.4, -0.2) is 23.2 Å². The zero-order valence-electron chi connectivity index (χ0n) is 8.34. The summed E-state index contributed by atoms with van der Waals surface area (Å²) in [7, 11) is 0. The fourth-order valence-electron chi connectivity index (χ4n) is 0.976. The Balaban J connectivity index is 2.58. The van der Waals surface area contributed by atoms with E-state index in [0.717, 1.165) is 10.8 Å². The molecule has 0 atom stereocenters. The van der Waals surface area contributed by atoms with Crippen molar-refractivity contribution >= 4 is 29.4 Å². The summed E-state index contributed by atoms with van der Waals surface area (Å²) >= 11 is 4.98. The van der Waals surface area contributed by atoms with Crippen molar-refractivity contribution in [2.45, 2.75) is 6.92 Å². The maximum absolute atomic E-state index is 10.6. The fourth-order valence-corrected chi connectivity index (χ4v) is 1.19. The van der Waals surface area contributed by atoms with Crippen LogP contribution in [0.15, 0.2) is 30.3 Å². The first kappa shape index (κ1) is 11.6. The zero-order valence-corrected chi connectivity index (χ0v) is 9.16. The van der Waals surface area contributed by atoms with Gasteiger partial charge in [0.2, 0.25) is 11.5 Å². The molecular weight excluding hydrogens is 212 g/mol. The molecule has 1 aromatic carbocycles. The second-order valence-corrected chi connectivity index (χ2v) is 3.03. The van der Waals surface area contributed by atoms with Crippen LogP contribution in [0, 0.1) is 0 Å². The van der Waals surface area contributed by atoms with E-state index in [1.807, 2.05) is 30.3 Å². The van der Waals surface area contributed by atoms with Gasteiger partial charge in [0.15, 0.2) is 0 Å². The first-order chi connectivity index (χ1) is 7.27. The van der Waals surface area contributed by atoms with E-state index >= 15 is 0 Å². The third-order valence-corrected chi connectivity index (χ3v) is 1.87. The van der Waals surface area contributed by atoms with Gasteiger partial charge in [0.1, 0.15) is 0 Å². The molecule has 15 heavy (non-hydrogen) atoms. The lowest BCUT2D eigenvalue weighted by Crippen LogP contribution is -2.33. The lowest BCUT2D eigenvalue weighted by molar-refractivity contribution is -0.146. The van der Waals surface area contributed by atoms with Crippen LogP contribution < -0.4 is 5.32 Å². The Kier molecular flexibility index (Phi) is 4.73. The molecule has 0 aliphatic rings. The minimum Gasteiger partial charge on any atom is -0.330 e. The maximum atomic E-state index is 10.6. The summed E-state index contributed by atoms with van der Waals surface area (Å²) in [6, 6.07) is 9.34. The van der Waals surface area contributed by atoms with Gasteiger partial charge in [-0.25, -0.2) is 0 Å². The first-order valence-electron chi connectivity index (χ1n) is 4.51. The molecule has 0 bridgehead atoms. The number of hydrogen-bond donors (Lipinski definition) is 1. The van der Waals surface area contributed by atoms with Gasteiger partial charge in [-0.15, -0.1) is 0 Å². The number of carbonyl (C=O) groups is 1. The number of hydroxylamine groups is 2. The van der Waals surface area contributed by atoms with Gasteiger partial charge < -0.3 is 5.32 Å². The molecule has 0 saturated carbocycles. The first-order valence-corrected chi connectivity index (χ1v) is 4.92. The summed E-state index contributed by atoms with van der Waals surface area (Å²) in [6.07, 6.45) is 0.530. The van der Waals surface area contributed by atoms with Crippen LogP contribution >= 0.6 is 12.2 Å². The highest BCUT2D eigenvalue weighted by Gasteiger charge is 2.07. The fraction of sp³-hybridized carbons (Fsp3) is 0.200. The number of thiocarbonyl (C=S) groups is 1. The highest BCUT2D eigenvalue weighted by atomic mass is 32.1. The van der Waals surface area contributed by atoms with Gasteiger partial charge in [0.25, 0.3) is 0 Å². The van der Waals surface area contributed by atoms with Gasteiger partial charge in [-0.2, -0.15) is 5.06 Å². The Morgan fingerprint density at radius 1 is 1.53 bits per heavy atom. The van der Waals surface area contributed by atoms with E-state index in [2.05, 4.69) is 5.32 Å². The molecule has 0 heterocycles. The Morgan fingerprint density at radius 2 is 2.20 bits per heavy atom. The SMILES string of the molecule is CCON(C=O)C(=S)Nc1ccccc1. The van der Waals surface area contributed by atoms with Crippen molar-refractivity contribution < 1.29 is 9.63 Å². The topological polar surface area (TPSA) is 41.6 Å². The third kappa shape index (κ3) is 3.65. The van der Waals surface area contributed by atoms with Crippen LogP contribution in [-0.2, 0) is 9.63 Å². The lowest BCUT2D eigenvalue weighted by atomic mass is 10.3. The summed E-state index contributed by atoms with van der Waals surface area (Å²) < 4.78 is 0. The Morgan fingerprint density at radius 3 is 2.73 bits per heavy atom. The van der Waals surface area contributed by atoms with Crippen molar-refractivity contribution in [1.82, 2.24) is 5.06 Å². The van der Waals surface area contributed by atoms with Crippen molar-refractivity contribution in [2.24, 2.45) is 0 Å². The molecule has 0 unspecified atom stereocenters. The Bertz CT molecular complexity index is 329. The van der Waals surface area contributed by atoms with Crippen molar-refractivity contribution in [2.75, 3.05) is 11.9 Å². The molecule has 0 spiro atoms. The predicted octanol–water partition coefficient (Wildman–Crippen LogP) is 1.79. The van der Waals surface area contributed by atoms with Crippen LogP contribution in [0.3, 0.4) is 0 Å². The molecule has 5 heteroatoms. The van der Waals surface area contributed by atoms with Gasteiger partial charge in [-0.05, 0) is 31.3 Å². The summed E-state index contributed by atoms with van der Waals surface area (Å²) in [6.45, 7) is 2.16. The minimum absolute atomic E-state index is 0.220. The number of nitrogens with one attached hydrogen (secondary N) is 1. The zero-order chi connectivity index (χ0) is 11.1. The van der Waals surface area contributed by atoms with Gasteiger partial charge in [0, 0.05) is 5.69 Å². The van der Waals surface area contributed by atoms with Crippen molar-refractivity contribution in [3.63, 3.8) is 0 Å². The number of rotatable bonds is 4.